The molecule has 2 amide bonds. The van der Waals surface area contributed by atoms with E-state index in [9.17, 15) is 13.2 Å². The van der Waals surface area contributed by atoms with Crippen LogP contribution in [0, 0.1) is 0 Å². The Morgan fingerprint density at radius 2 is 1.78 bits per heavy atom. The third-order valence-electron chi connectivity index (χ3n) is 5.00. The first-order chi connectivity index (χ1) is 13.0. The number of nitrogens with one attached hydrogen (secondary N) is 2. The summed E-state index contributed by atoms with van der Waals surface area (Å²) in [7, 11) is -2.80. The number of carbonyl (C=O) groups excluding carboxylic acids is 1. The van der Waals surface area contributed by atoms with Crippen LogP contribution in [0.5, 0.6) is 6.01 Å². The molecule has 9 heteroatoms. The highest BCUT2D eigenvalue weighted by Gasteiger charge is 2.26. The van der Waals surface area contributed by atoms with Gasteiger partial charge in [0.2, 0.25) is 0 Å². The number of hydrogen-bond donors (Lipinski definition) is 2. The van der Waals surface area contributed by atoms with E-state index >= 15 is 0 Å². The molecular formula is C18H20N4O4S. The van der Waals surface area contributed by atoms with Crippen molar-refractivity contribution >= 4 is 21.7 Å². The summed E-state index contributed by atoms with van der Waals surface area (Å²) < 4.78 is 31.8. The maximum absolute atomic E-state index is 12.5. The number of amides is 2. The molecular weight excluding hydrogens is 368 g/mol. The van der Waals surface area contributed by atoms with E-state index < -0.39 is 16.1 Å². The standard InChI is InChI=1S/C18H20N4O4S/c1-26-18-19-9-8-15(20-18)27(24,25)22-17(23)21-16-13-6-2-4-11(13)10-12-5-3-7-14(12)16/h8-10H,2-7H2,1H3,(H2,21,22,23). The van der Waals surface area contributed by atoms with Crippen LogP contribution in [-0.4, -0.2) is 31.5 Å². The number of methoxy groups -OCH3 is 1. The minimum absolute atomic E-state index is 0.0861. The van der Waals surface area contributed by atoms with E-state index in [4.69, 9.17) is 4.74 Å². The molecule has 2 aliphatic carbocycles. The maximum Gasteiger partial charge on any atom is 0.333 e. The summed E-state index contributed by atoms with van der Waals surface area (Å²) >= 11 is 0. The number of aromatic nitrogens is 2. The molecule has 0 atom stereocenters. The molecule has 0 saturated heterocycles. The molecule has 1 aromatic heterocycles. The van der Waals surface area contributed by atoms with E-state index in [1.165, 1.54) is 30.5 Å². The lowest BCUT2D eigenvalue weighted by Gasteiger charge is -2.16. The number of urea groups is 1. The van der Waals surface area contributed by atoms with Crippen LogP contribution in [0.4, 0.5) is 10.5 Å². The molecule has 2 aliphatic rings. The Kier molecular flexibility index (Phi) is 4.47. The van der Waals surface area contributed by atoms with Gasteiger partial charge in [0.1, 0.15) is 0 Å². The second-order valence-electron chi connectivity index (χ2n) is 6.68. The van der Waals surface area contributed by atoms with Gasteiger partial charge in [-0.05, 0) is 66.8 Å². The quantitative estimate of drug-likeness (QED) is 0.775. The fourth-order valence-electron chi connectivity index (χ4n) is 3.85. The summed E-state index contributed by atoms with van der Waals surface area (Å²) in [6.07, 6.45) is 7.15. The number of rotatable bonds is 4. The zero-order valence-corrected chi connectivity index (χ0v) is 15.7. The number of nitrogens with zero attached hydrogens (tertiary/aromatic N) is 2. The third-order valence-corrected chi connectivity index (χ3v) is 6.24. The molecule has 1 aromatic carbocycles. The summed E-state index contributed by atoms with van der Waals surface area (Å²) in [4.78, 5) is 20.0. The van der Waals surface area contributed by atoms with Gasteiger partial charge in [-0.15, -0.1) is 0 Å². The highest BCUT2D eigenvalue weighted by molar-refractivity contribution is 7.90. The van der Waals surface area contributed by atoms with Crippen LogP contribution in [0.1, 0.15) is 35.1 Å². The van der Waals surface area contributed by atoms with Crippen molar-refractivity contribution in [3.8, 4) is 6.01 Å². The SMILES string of the molecule is COc1nccc(S(=O)(=O)NC(=O)Nc2c3c(cc4c2CCC4)CCC3)n1. The zero-order chi connectivity index (χ0) is 19.0. The molecule has 2 aromatic rings. The Morgan fingerprint density at radius 3 is 2.41 bits per heavy atom. The first-order valence-corrected chi connectivity index (χ1v) is 10.3. The molecule has 1 heterocycles. The molecule has 2 N–H and O–H groups in total. The highest BCUT2D eigenvalue weighted by Crippen LogP contribution is 2.38. The Labute approximate surface area is 157 Å². The van der Waals surface area contributed by atoms with Crippen LogP contribution in [0.15, 0.2) is 23.4 Å². The normalized spacial score (nSPS) is 15.1. The number of fused-ring (bicyclic) bond motifs is 2. The Hall–Kier alpha value is -2.68. The summed E-state index contributed by atoms with van der Waals surface area (Å²) in [6.45, 7) is 0. The summed E-state index contributed by atoms with van der Waals surface area (Å²) in [5.41, 5.74) is 5.56. The van der Waals surface area contributed by atoms with Crippen molar-refractivity contribution < 1.29 is 17.9 Å². The van der Waals surface area contributed by atoms with Gasteiger partial charge in [-0.3, -0.25) is 0 Å². The van der Waals surface area contributed by atoms with Crippen molar-refractivity contribution in [2.45, 2.75) is 43.6 Å². The van der Waals surface area contributed by atoms with Crippen LogP contribution >= 0.6 is 0 Å². The molecule has 27 heavy (non-hydrogen) atoms. The monoisotopic (exact) mass is 388 g/mol. The van der Waals surface area contributed by atoms with Gasteiger partial charge >= 0.3 is 12.0 Å². The Morgan fingerprint density at radius 1 is 1.11 bits per heavy atom. The lowest BCUT2D eigenvalue weighted by molar-refractivity contribution is 0.256. The Balaban J connectivity index is 1.59. The molecule has 4 rings (SSSR count). The predicted octanol–water partition coefficient (Wildman–Crippen LogP) is 1.97. The van der Waals surface area contributed by atoms with E-state index in [0.29, 0.717) is 0 Å². The lowest BCUT2D eigenvalue weighted by Crippen LogP contribution is -2.35. The maximum atomic E-state index is 12.5. The molecule has 0 radical (unpaired) electrons. The molecule has 0 unspecified atom stereocenters. The van der Waals surface area contributed by atoms with Crippen molar-refractivity contribution in [3.05, 3.63) is 40.6 Å². The van der Waals surface area contributed by atoms with Crippen LogP contribution in [0.2, 0.25) is 0 Å². The number of aryl methyl sites for hydroxylation is 2. The first kappa shape index (κ1) is 17.7. The van der Waals surface area contributed by atoms with E-state index in [0.717, 1.165) is 55.3 Å². The van der Waals surface area contributed by atoms with Gasteiger partial charge in [-0.2, -0.15) is 13.4 Å². The fourth-order valence-corrected chi connectivity index (χ4v) is 4.69. The second-order valence-corrected chi connectivity index (χ2v) is 8.30. The highest BCUT2D eigenvalue weighted by atomic mass is 32.2. The minimum atomic E-state index is -4.13. The molecule has 0 fully saturated rings. The van der Waals surface area contributed by atoms with Crippen molar-refractivity contribution in [1.82, 2.24) is 14.7 Å². The Bertz CT molecular complexity index is 988. The summed E-state index contributed by atoms with van der Waals surface area (Å²) in [5.74, 6) is 0. The number of ether oxygens (including phenoxy) is 1. The number of benzene rings is 1. The summed E-state index contributed by atoms with van der Waals surface area (Å²) in [5, 5.41) is 2.47. The third kappa shape index (κ3) is 3.34. The molecule has 0 saturated carbocycles. The lowest BCUT2D eigenvalue weighted by atomic mass is 9.99. The molecule has 142 valence electrons. The average molecular weight is 388 g/mol. The minimum Gasteiger partial charge on any atom is -0.467 e. The van der Waals surface area contributed by atoms with Crippen molar-refractivity contribution in [2.75, 3.05) is 12.4 Å². The van der Waals surface area contributed by atoms with Crippen molar-refractivity contribution in [2.24, 2.45) is 0 Å². The molecule has 0 aliphatic heterocycles. The van der Waals surface area contributed by atoms with Gasteiger partial charge in [0.25, 0.3) is 10.0 Å². The molecule has 0 spiro atoms. The fraction of sp³-hybridized carbons (Fsp3) is 0.389. The number of sulfonamides is 1. The van der Waals surface area contributed by atoms with Crippen LogP contribution in [0.3, 0.4) is 0 Å². The first-order valence-electron chi connectivity index (χ1n) is 8.85. The van der Waals surface area contributed by atoms with Crippen LogP contribution in [-0.2, 0) is 35.7 Å². The molecule has 8 nitrogen and oxygen atoms in total. The smallest absolute Gasteiger partial charge is 0.333 e. The van der Waals surface area contributed by atoms with E-state index in [2.05, 4.69) is 21.4 Å². The summed E-state index contributed by atoms with van der Waals surface area (Å²) in [6, 6.07) is 2.58. The van der Waals surface area contributed by atoms with Crippen LogP contribution in [0.25, 0.3) is 0 Å². The molecule has 0 bridgehead atoms. The van der Waals surface area contributed by atoms with Gasteiger partial charge in [-0.1, -0.05) is 6.07 Å². The number of hydrogen-bond acceptors (Lipinski definition) is 6. The van der Waals surface area contributed by atoms with Gasteiger partial charge in [-0.25, -0.2) is 14.5 Å². The van der Waals surface area contributed by atoms with Crippen molar-refractivity contribution in [3.63, 3.8) is 0 Å². The van der Waals surface area contributed by atoms with E-state index in [-0.39, 0.29) is 11.0 Å². The van der Waals surface area contributed by atoms with Gasteiger partial charge in [0, 0.05) is 11.9 Å². The van der Waals surface area contributed by atoms with Gasteiger partial charge in [0.05, 0.1) is 7.11 Å². The van der Waals surface area contributed by atoms with E-state index in [1.807, 2.05) is 4.72 Å². The number of anilines is 1. The number of carbonyl (C=O) groups is 1. The predicted molar refractivity (Wildman–Crippen MR) is 98.4 cm³/mol. The zero-order valence-electron chi connectivity index (χ0n) is 14.9. The van der Waals surface area contributed by atoms with Gasteiger partial charge < -0.3 is 10.1 Å². The van der Waals surface area contributed by atoms with Gasteiger partial charge in [0.15, 0.2) is 5.03 Å². The van der Waals surface area contributed by atoms with Crippen molar-refractivity contribution in [1.29, 1.82) is 0 Å². The van der Waals surface area contributed by atoms with Crippen LogP contribution < -0.4 is 14.8 Å². The largest absolute Gasteiger partial charge is 0.467 e. The second kappa shape index (κ2) is 6.80. The van der Waals surface area contributed by atoms with E-state index in [1.54, 1.807) is 0 Å². The average Bonchev–Trinajstić information content (AvgIpc) is 3.30. The topological polar surface area (TPSA) is 110 Å².